The van der Waals surface area contributed by atoms with Crippen LogP contribution in [-0.2, 0) is 6.54 Å². The predicted molar refractivity (Wildman–Crippen MR) is 77.0 cm³/mol. The number of carbonyl (C=O) groups excluding carboxylic acids is 1. The van der Waals surface area contributed by atoms with Gasteiger partial charge < -0.3 is 10.4 Å². The van der Waals surface area contributed by atoms with E-state index < -0.39 is 5.97 Å². The zero-order chi connectivity index (χ0) is 14.0. The van der Waals surface area contributed by atoms with Gasteiger partial charge in [0.25, 0.3) is 5.91 Å². The number of carboxylic acids is 1. The van der Waals surface area contributed by atoms with Gasteiger partial charge in [0.1, 0.15) is 9.88 Å². The zero-order valence-corrected chi connectivity index (χ0v) is 13.0. The van der Waals surface area contributed by atoms with Crippen molar-refractivity contribution < 1.29 is 14.7 Å². The van der Waals surface area contributed by atoms with Crippen molar-refractivity contribution in [2.45, 2.75) is 13.5 Å². The highest BCUT2D eigenvalue weighted by molar-refractivity contribution is 9.11. The number of carbonyl (C=O) groups is 2. The number of nitrogens with one attached hydrogen (secondary N) is 1. The van der Waals surface area contributed by atoms with Gasteiger partial charge in [0, 0.05) is 5.38 Å². The molecule has 8 heteroatoms. The maximum atomic E-state index is 11.8. The lowest BCUT2D eigenvalue weighted by Crippen LogP contribution is -2.22. The summed E-state index contributed by atoms with van der Waals surface area (Å²) in [5.74, 6) is -1.19. The van der Waals surface area contributed by atoms with Gasteiger partial charge in [0.05, 0.1) is 21.6 Å². The Morgan fingerprint density at radius 1 is 1.53 bits per heavy atom. The summed E-state index contributed by atoms with van der Waals surface area (Å²) < 4.78 is 0.885. The average Bonchev–Trinajstić information content (AvgIpc) is 2.92. The number of aromatic nitrogens is 1. The van der Waals surface area contributed by atoms with Crippen LogP contribution in [0, 0.1) is 6.92 Å². The molecule has 2 aromatic rings. The molecule has 0 spiro atoms. The molecule has 5 nitrogen and oxygen atoms in total. The Morgan fingerprint density at radius 2 is 2.26 bits per heavy atom. The van der Waals surface area contributed by atoms with Crippen molar-refractivity contribution in [2.24, 2.45) is 0 Å². The number of aromatic carboxylic acids is 1. The van der Waals surface area contributed by atoms with Crippen molar-refractivity contribution in [1.29, 1.82) is 0 Å². The standard InChI is InChI=1S/C11H9BrN2O3S2/c1-5-9(11(16)17)19-8(14-5)3-13-10(15)6-2-7(12)18-4-6/h2,4H,3H2,1H3,(H,13,15)(H,16,17). The van der Waals surface area contributed by atoms with Crippen LogP contribution in [0.5, 0.6) is 0 Å². The molecule has 1 amide bonds. The van der Waals surface area contributed by atoms with Gasteiger partial charge in [-0.25, -0.2) is 9.78 Å². The van der Waals surface area contributed by atoms with Crippen molar-refractivity contribution in [3.63, 3.8) is 0 Å². The number of rotatable bonds is 4. The number of aryl methyl sites for hydroxylation is 1. The molecule has 0 radical (unpaired) electrons. The first-order valence-electron chi connectivity index (χ1n) is 5.19. The third-order valence-corrected chi connectivity index (χ3v) is 4.91. The van der Waals surface area contributed by atoms with E-state index in [0.29, 0.717) is 16.3 Å². The smallest absolute Gasteiger partial charge is 0.347 e. The molecule has 0 aromatic carbocycles. The lowest BCUT2D eigenvalue weighted by atomic mass is 10.3. The molecule has 0 aliphatic carbocycles. The molecule has 0 fully saturated rings. The molecule has 0 aliphatic heterocycles. The Morgan fingerprint density at radius 3 is 2.79 bits per heavy atom. The molecule has 0 aliphatic rings. The van der Waals surface area contributed by atoms with Crippen molar-refractivity contribution >= 4 is 50.5 Å². The summed E-state index contributed by atoms with van der Waals surface area (Å²) in [6.07, 6.45) is 0. The van der Waals surface area contributed by atoms with E-state index in [4.69, 9.17) is 5.11 Å². The predicted octanol–water partition coefficient (Wildman–Crippen LogP) is 2.90. The lowest BCUT2D eigenvalue weighted by Gasteiger charge is -1.99. The molecule has 2 aromatic heterocycles. The van der Waals surface area contributed by atoms with Gasteiger partial charge >= 0.3 is 5.97 Å². The molecule has 0 saturated heterocycles. The number of nitrogens with zero attached hydrogens (tertiary/aromatic N) is 1. The summed E-state index contributed by atoms with van der Waals surface area (Å²) in [5.41, 5.74) is 1.05. The molecular formula is C11H9BrN2O3S2. The molecule has 0 unspecified atom stereocenters. The summed E-state index contributed by atoms with van der Waals surface area (Å²) in [7, 11) is 0. The number of amides is 1. The van der Waals surface area contributed by atoms with Crippen LogP contribution in [0.4, 0.5) is 0 Å². The second kappa shape index (κ2) is 5.81. The summed E-state index contributed by atoms with van der Waals surface area (Å²) >= 11 is 5.80. The van der Waals surface area contributed by atoms with Crippen LogP contribution in [-0.4, -0.2) is 22.0 Å². The quantitative estimate of drug-likeness (QED) is 0.878. The minimum Gasteiger partial charge on any atom is -0.477 e. The summed E-state index contributed by atoms with van der Waals surface area (Å²) in [6.45, 7) is 1.87. The Labute approximate surface area is 125 Å². The molecule has 0 saturated carbocycles. The van der Waals surface area contributed by atoms with Crippen LogP contribution in [0.1, 0.15) is 30.7 Å². The van der Waals surface area contributed by atoms with Crippen molar-refractivity contribution in [1.82, 2.24) is 10.3 Å². The molecule has 19 heavy (non-hydrogen) atoms. The summed E-state index contributed by atoms with van der Waals surface area (Å²) in [5, 5.41) is 14.0. The van der Waals surface area contributed by atoms with E-state index in [1.807, 2.05) is 0 Å². The van der Waals surface area contributed by atoms with E-state index in [1.54, 1.807) is 18.4 Å². The average molecular weight is 361 g/mol. The van der Waals surface area contributed by atoms with E-state index >= 15 is 0 Å². The third-order valence-electron chi connectivity index (χ3n) is 2.26. The van der Waals surface area contributed by atoms with E-state index in [1.165, 1.54) is 11.3 Å². The minimum absolute atomic E-state index is 0.202. The maximum absolute atomic E-state index is 11.8. The Balaban J connectivity index is 2.01. The minimum atomic E-state index is -0.991. The number of thiazole rings is 1. The van der Waals surface area contributed by atoms with Crippen LogP contribution < -0.4 is 5.32 Å². The van der Waals surface area contributed by atoms with E-state index in [2.05, 4.69) is 26.2 Å². The van der Waals surface area contributed by atoms with Crippen LogP contribution in [0.25, 0.3) is 0 Å². The van der Waals surface area contributed by atoms with Gasteiger partial charge in [-0.05, 0) is 28.9 Å². The van der Waals surface area contributed by atoms with Gasteiger partial charge in [0.2, 0.25) is 0 Å². The fraction of sp³-hybridized carbons (Fsp3) is 0.182. The first-order chi connectivity index (χ1) is 8.97. The van der Waals surface area contributed by atoms with Crippen molar-refractivity contribution in [3.05, 3.63) is 36.4 Å². The monoisotopic (exact) mass is 360 g/mol. The highest BCUT2D eigenvalue weighted by atomic mass is 79.9. The molecule has 2 rings (SSSR count). The molecule has 100 valence electrons. The summed E-state index contributed by atoms with van der Waals surface area (Å²) in [6, 6.07) is 1.73. The van der Waals surface area contributed by atoms with Gasteiger partial charge in [-0.15, -0.1) is 22.7 Å². The normalized spacial score (nSPS) is 10.4. The van der Waals surface area contributed by atoms with E-state index in [-0.39, 0.29) is 17.3 Å². The number of halogens is 1. The second-order valence-electron chi connectivity index (χ2n) is 3.65. The fourth-order valence-corrected chi connectivity index (χ4v) is 3.39. The molecular weight excluding hydrogens is 352 g/mol. The number of hydrogen-bond donors (Lipinski definition) is 2. The number of carboxylic acid groups (broad SMARTS) is 1. The van der Waals surface area contributed by atoms with Gasteiger partial charge in [-0.2, -0.15) is 0 Å². The third kappa shape index (κ3) is 3.40. The topological polar surface area (TPSA) is 79.3 Å². The lowest BCUT2D eigenvalue weighted by molar-refractivity contribution is 0.0701. The SMILES string of the molecule is Cc1nc(CNC(=O)c2csc(Br)c2)sc1C(=O)O. The van der Waals surface area contributed by atoms with Crippen LogP contribution in [0.3, 0.4) is 0 Å². The number of thiophene rings is 1. The molecule has 0 atom stereocenters. The Kier molecular flexibility index (Phi) is 4.33. The van der Waals surface area contributed by atoms with E-state index in [0.717, 1.165) is 15.1 Å². The molecule has 2 heterocycles. The van der Waals surface area contributed by atoms with Gasteiger partial charge in [-0.3, -0.25) is 4.79 Å². The highest BCUT2D eigenvalue weighted by Gasteiger charge is 2.15. The first kappa shape index (κ1) is 14.2. The Hall–Kier alpha value is -1.25. The van der Waals surface area contributed by atoms with Gasteiger partial charge in [-0.1, -0.05) is 0 Å². The fourth-order valence-electron chi connectivity index (χ4n) is 1.41. The van der Waals surface area contributed by atoms with Crippen LogP contribution in [0.2, 0.25) is 0 Å². The van der Waals surface area contributed by atoms with Crippen LogP contribution >= 0.6 is 38.6 Å². The maximum Gasteiger partial charge on any atom is 0.347 e. The van der Waals surface area contributed by atoms with Crippen LogP contribution in [0.15, 0.2) is 15.2 Å². The van der Waals surface area contributed by atoms with Gasteiger partial charge in [0.15, 0.2) is 0 Å². The second-order valence-corrected chi connectivity index (χ2v) is 7.02. The Bertz CT molecular complexity index is 636. The number of hydrogen-bond acceptors (Lipinski definition) is 5. The largest absolute Gasteiger partial charge is 0.477 e. The van der Waals surface area contributed by atoms with E-state index in [9.17, 15) is 9.59 Å². The molecule has 2 N–H and O–H groups in total. The highest BCUT2D eigenvalue weighted by Crippen LogP contribution is 2.21. The summed E-state index contributed by atoms with van der Waals surface area (Å²) in [4.78, 5) is 27.0. The zero-order valence-electron chi connectivity index (χ0n) is 9.77. The first-order valence-corrected chi connectivity index (χ1v) is 7.68. The molecule has 0 bridgehead atoms. The van der Waals surface area contributed by atoms with Crippen molar-refractivity contribution in [2.75, 3.05) is 0 Å². The van der Waals surface area contributed by atoms with Crippen molar-refractivity contribution in [3.8, 4) is 0 Å².